The summed E-state index contributed by atoms with van der Waals surface area (Å²) in [6, 6.07) is 0. The molecule has 15 heavy (non-hydrogen) atoms. The maximum absolute atomic E-state index is 11.6. The van der Waals surface area contributed by atoms with Gasteiger partial charge in [-0.2, -0.15) is 0 Å². The van der Waals surface area contributed by atoms with E-state index >= 15 is 0 Å². The molecule has 1 aliphatic rings. The van der Waals surface area contributed by atoms with Gasteiger partial charge in [0.15, 0.2) is 5.54 Å². The van der Waals surface area contributed by atoms with Crippen molar-refractivity contribution in [1.82, 2.24) is 4.90 Å². The van der Waals surface area contributed by atoms with Crippen LogP contribution in [0.1, 0.15) is 20.3 Å². The van der Waals surface area contributed by atoms with E-state index in [-0.39, 0.29) is 6.42 Å². The quantitative estimate of drug-likeness (QED) is 0.602. The number of carbonyl (C=O) groups excluding carboxylic acids is 2. The number of aliphatic carboxylic acids is 1. The van der Waals surface area contributed by atoms with E-state index in [4.69, 9.17) is 10.2 Å². The number of nitrogens with zero attached hydrogens (tertiary/aromatic N) is 1. The summed E-state index contributed by atoms with van der Waals surface area (Å²) in [6.45, 7) is 1.93. The first kappa shape index (κ1) is 11.6. The predicted octanol–water partition coefficient (Wildman–Crippen LogP) is -0.783. The molecule has 0 spiro atoms. The molecule has 0 aromatic heterocycles. The predicted molar refractivity (Wildman–Crippen MR) is 48.8 cm³/mol. The number of aliphatic hydroxyl groups is 1. The van der Waals surface area contributed by atoms with Crippen molar-refractivity contribution in [3.63, 3.8) is 0 Å². The molecule has 2 unspecified atom stereocenters. The number of amides is 2. The van der Waals surface area contributed by atoms with Gasteiger partial charge < -0.3 is 10.2 Å². The Labute approximate surface area is 86.5 Å². The Morgan fingerprint density at radius 2 is 2.13 bits per heavy atom. The van der Waals surface area contributed by atoms with Gasteiger partial charge in [0, 0.05) is 12.3 Å². The van der Waals surface area contributed by atoms with Gasteiger partial charge in [-0.15, -0.1) is 0 Å². The zero-order valence-electron chi connectivity index (χ0n) is 8.56. The highest BCUT2D eigenvalue weighted by Crippen LogP contribution is 2.27. The molecule has 1 fully saturated rings. The minimum Gasteiger partial charge on any atom is -0.479 e. The van der Waals surface area contributed by atoms with Crippen molar-refractivity contribution < 1.29 is 24.6 Å². The third-order valence-electron chi connectivity index (χ3n) is 2.63. The minimum atomic E-state index is -1.85. The molecule has 0 bridgehead atoms. The fraction of sp³-hybridized carbons (Fsp3) is 0.667. The minimum absolute atomic E-state index is 0.00169. The van der Waals surface area contributed by atoms with Crippen molar-refractivity contribution >= 4 is 17.8 Å². The van der Waals surface area contributed by atoms with E-state index in [0.29, 0.717) is 4.90 Å². The van der Waals surface area contributed by atoms with Crippen LogP contribution in [0.25, 0.3) is 0 Å². The summed E-state index contributed by atoms with van der Waals surface area (Å²) in [5, 5.41) is 17.9. The van der Waals surface area contributed by atoms with Crippen LogP contribution in [0.3, 0.4) is 0 Å². The molecule has 2 amide bonds. The van der Waals surface area contributed by atoms with Gasteiger partial charge in [-0.3, -0.25) is 14.5 Å². The number of hydrogen-bond donors (Lipinski definition) is 2. The van der Waals surface area contributed by atoms with E-state index < -0.39 is 35.8 Å². The zero-order valence-corrected chi connectivity index (χ0v) is 8.56. The summed E-state index contributed by atoms with van der Waals surface area (Å²) in [5.41, 5.74) is -1.85. The lowest BCUT2D eigenvalue weighted by molar-refractivity contribution is -0.164. The van der Waals surface area contributed by atoms with E-state index in [1.54, 1.807) is 6.92 Å². The maximum Gasteiger partial charge on any atom is 0.332 e. The van der Waals surface area contributed by atoms with Gasteiger partial charge >= 0.3 is 5.97 Å². The number of rotatable bonds is 3. The van der Waals surface area contributed by atoms with Crippen LogP contribution in [0, 0.1) is 5.92 Å². The number of carboxylic acids is 1. The Hall–Kier alpha value is -1.43. The average molecular weight is 215 g/mol. The van der Waals surface area contributed by atoms with Crippen molar-refractivity contribution in [3.8, 4) is 0 Å². The zero-order chi connectivity index (χ0) is 11.8. The standard InChI is InChI=1S/C9H13NO5/c1-5-3-6(12)10(7(5)13)9(2,4-11)8(14)15/h5,11H,3-4H2,1-2H3,(H,14,15). The van der Waals surface area contributed by atoms with Crippen LogP contribution in [-0.2, 0) is 14.4 Å². The lowest BCUT2D eigenvalue weighted by Crippen LogP contribution is -2.57. The summed E-state index contributed by atoms with van der Waals surface area (Å²) in [5.74, 6) is -2.99. The van der Waals surface area contributed by atoms with Gasteiger partial charge in [0.2, 0.25) is 11.8 Å². The van der Waals surface area contributed by atoms with E-state index in [2.05, 4.69) is 0 Å². The van der Waals surface area contributed by atoms with Crippen molar-refractivity contribution in [2.75, 3.05) is 6.61 Å². The molecule has 0 saturated carbocycles. The highest BCUT2D eigenvalue weighted by Gasteiger charge is 2.50. The second-order valence-corrected chi connectivity index (χ2v) is 3.91. The normalized spacial score (nSPS) is 25.5. The molecule has 6 nitrogen and oxygen atoms in total. The van der Waals surface area contributed by atoms with E-state index in [9.17, 15) is 14.4 Å². The van der Waals surface area contributed by atoms with Gasteiger partial charge in [-0.05, 0) is 6.92 Å². The molecule has 2 atom stereocenters. The van der Waals surface area contributed by atoms with Gasteiger partial charge in [0.05, 0.1) is 6.61 Å². The first-order valence-electron chi connectivity index (χ1n) is 4.55. The highest BCUT2D eigenvalue weighted by molar-refractivity contribution is 6.07. The average Bonchev–Trinajstić information content (AvgIpc) is 2.40. The Balaban J connectivity index is 3.10. The Morgan fingerprint density at radius 3 is 2.40 bits per heavy atom. The first-order chi connectivity index (χ1) is 6.84. The van der Waals surface area contributed by atoms with Crippen LogP contribution in [0.15, 0.2) is 0 Å². The number of hydrogen-bond acceptors (Lipinski definition) is 4. The Bertz CT molecular complexity index is 326. The smallest absolute Gasteiger partial charge is 0.332 e. The SMILES string of the molecule is CC1CC(=O)N(C(C)(CO)C(=O)O)C1=O. The van der Waals surface area contributed by atoms with E-state index in [1.165, 1.54) is 0 Å². The topological polar surface area (TPSA) is 94.9 Å². The summed E-state index contributed by atoms with van der Waals surface area (Å²) >= 11 is 0. The molecule has 0 aromatic rings. The van der Waals surface area contributed by atoms with Crippen LogP contribution < -0.4 is 0 Å². The molecule has 2 N–H and O–H groups in total. The molecular weight excluding hydrogens is 202 g/mol. The van der Waals surface area contributed by atoms with E-state index in [1.807, 2.05) is 0 Å². The monoisotopic (exact) mass is 215 g/mol. The number of likely N-dealkylation sites (tertiary alicyclic amines) is 1. The molecule has 1 aliphatic heterocycles. The number of carbonyl (C=O) groups is 3. The molecule has 1 heterocycles. The molecule has 1 rings (SSSR count). The van der Waals surface area contributed by atoms with Crippen LogP contribution in [0.4, 0.5) is 0 Å². The molecule has 0 aliphatic carbocycles. The van der Waals surface area contributed by atoms with Gasteiger partial charge in [0.1, 0.15) is 0 Å². The van der Waals surface area contributed by atoms with Crippen LogP contribution in [0.2, 0.25) is 0 Å². The van der Waals surface area contributed by atoms with Gasteiger partial charge in [0.25, 0.3) is 0 Å². The lowest BCUT2D eigenvalue weighted by Gasteiger charge is -2.31. The lowest BCUT2D eigenvalue weighted by atomic mass is 10.0. The van der Waals surface area contributed by atoms with Gasteiger partial charge in [-0.25, -0.2) is 4.79 Å². The molecule has 0 aromatic carbocycles. The fourth-order valence-corrected chi connectivity index (χ4v) is 1.54. The van der Waals surface area contributed by atoms with Crippen molar-refractivity contribution in [2.24, 2.45) is 5.92 Å². The van der Waals surface area contributed by atoms with Crippen LogP contribution >= 0.6 is 0 Å². The van der Waals surface area contributed by atoms with Crippen LogP contribution in [-0.4, -0.2) is 45.0 Å². The van der Waals surface area contributed by atoms with E-state index in [0.717, 1.165) is 6.92 Å². The third-order valence-corrected chi connectivity index (χ3v) is 2.63. The maximum atomic E-state index is 11.6. The van der Waals surface area contributed by atoms with Crippen molar-refractivity contribution in [2.45, 2.75) is 25.8 Å². The first-order valence-corrected chi connectivity index (χ1v) is 4.55. The Morgan fingerprint density at radius 1 is 1.60 bits per heavy atom. The second-order valence-electron chi connectivity index (χ2n) is 3.91. The molecule has 1 saturated heterocycles. The summed E-state index contributed by atoms with van der Waals surface area (Å²) < 4.78 is 0. The molecule has 6 heteroatoms. The highest BCUT2D eigenvalue weighted by atomic mass is 16.4. The summed E-state index contributed by atoms with van der Waals surface area (Å²) in [7, 11) is 0. The Kier molecular flexibility index (Phi) is 2.81. The molecular formula is C9H13NO5. The van der Waals surface area contributed by atoms with Crippen molar-refractivity contribution in [1.29, 1.82) is 0 Å². The summed E-state index contributed by atoms with van der Waals surface area (Å²) in [6.07, 6.45) is 0.00169. The fourth-order valence-electron chi connectivity index (χ4n) is 1.54. The number of aliphatic hydroxyl groups excluding tert-OH is 1. The van der Waals surface area contributed by atoms with Crippen molar-refractivity contribution in [3.05, 3.63) is 0 Å². The number of imide groups is 1. The number of carboxylic acid groups (broad SMARTS) is 1. The third kappa shape index (κ3) is 1.61. The molecule has 0 radical (unpaired) electrons. The second kappa shape index (κ2) is 3.62. The largest absolute Gasteiger partial charge is 0.479 e. The summed E-state index contributed by atoms with van der Waals surface area (Å²) in [4.78, 5) is 34.6. The van der Waals surface area contributed by atoms with Gasteiger partial charge in [-0.1, -0.05) is 6.92 Å². The van der Waals surface area contributed by atoms with Crippen LogP contribution in [0.5, 0.6) is 0 Å². The molecule has 84 valence electrons.